The summed E-state index contributed by atoms with van der Waals surface area (Å²) in [5.74, 6) is -1.62. The van der Waals surface area contributed by atoms with Crippen molar-refractivity contribution < 1.29 is 14.7 Å². The largest absolute Gasteiger partial charge is 0.478 e. The van der Waals surface area contributed by atoms with E-state index in [1.54, 1.807) is 0 Å². The molecule has 1 amide bonds. The van der Waals surface area contributed by atoms with Crippen LogP contribution >= 0.6 is 0 Å². The number of aromatic carboxylic acids is 1. The number of carboxylic acid groups (broad SMARTS) is 1. The van der Waals surface area contributed by atoms with E-state index in [2.05, 4.69) is 15.1 Å². The van der Waals surface area contributed by atoms with Crippen LogP contribution in [0.1, 0.15) is 20.8 Å². The van der Waals surface area contributed by atoms with E-state index in [1.165, 1.54) is 16.9 Å². The van der Waals surface area contributed by atoms with Crippen LogP contribution in [0.2, 0.25) is 0 Å². The lowest BCUT2D eigenvalue weighted by atomic mass is 10.4. The van der Waals surface area contributed by atoms with Gasteiger partial charge in [0.15, 0.2) is 0 Å². The fraction of sp³-hybridized carbons (Fsp3) is 0. The quantitative estimate of drug-likeness (QED) is 0.733. The van der Waals surface area contributed by atoms with Gasteiger partial charge in [0.25, 0.3) is 5.91 Å². The van der Waals surface area contributed by atoms with Gasteiger partial charge in [-0.3, -0.25) is 4.79 Å². The first-order chi connectivity index (χ1) is 8.08. The van der Waals surface area contributed by atoms with Crippen LogP contribution in [0.3, 0.4) is 0 Å². The number of amides is 1. The molecule has 0 spiro atoms. The summed E-state index contributed by atoms with van der Waals surface area (Å²) in [6.45, 7) is 0. The molecule has 0 aliphatic rings. The van der Waals surface area contributed by atoms with E-state index in [1.807, 2.05) is 0 Å². The molecule has 0 radical (unpaired) electrons. The van der Waals surface area contributed by atoms with Gasteiger partial charge >= 0.3 is 5.97 Å². The molecule has 2 aromatic heterocycles. The van der Waals surface area contributed by atoms with Crippen molar-refractivity contribution in [1.29, 1.82) is 0 Å². The zero-order valence-corrected chi connectivity index (χ0v) is 8.44. The maximum Gasteiger partial charge on any atom is 0.338 e. The van der Waals surface area contributed by atoms with Crippen LogP contribution in [0.5, 0.6) is 0 Å². The van der Waals surface area contributed by atoms with E-state index >= 15 is 0 Å². The minimum atomic E-state index is -1.12. The smallest absolute Gasteiger partial charge is 0.338 e. The standard InChI is InChI=1S/C9H7N5O3/c10-7(15)6-1-2-14(13-6)9-11-3-5(4-12-9)8(16)17/h1-4H,(H2,10,15)(H,16,17). The normalized spacial score (nSPS) is 10.1. The number of carboxylic acids is 1. The third-order valence-corrected chi connectivity index (χ3v) is 1.93. The first kappa shape index (κ1) is 10.7. The van der Waals surface area contributed by atoms with Crippen LogP contribution in [-0.2, 0) is 0 Å². The van der Waals surface area contributed by atoms with Gasteiger partial charge in [0.05, 0.1) is 5.56 Å². The van der Waals surface area contributed by atoms with E-state index in [0.29, 0.717) is 0 Å². The summed E-state index contributed by atoms with van der Waals surface area (Å²) in [6, 6.07) is 1.41. The molecule has 0 unspecified atom stereocenters. The second kappa shape index (κ2) is 4.00. The first-order valence-corrected chi connectivity index (χ1v) is 4.49. The maximum atomic E-state index is 10.8. The van der Waals surface area contributed by atoms with Gasteiger partial charge in [-0.1, -0.05) is 0 Å². The SMILES string of the molecule is NC(=O)c1ccn(-c2ncc(C(=O)O)cn2)n1. The molecule has 0 aliphatic heterocycles. The number of carbonyl (C=O) groups is 2. The summed E-state index contributed by atoms with van der Waals surface area (Å²) in [5.41, 5.74) is 5.08. The molecule has 0 atom stereocenters. The predicted molar refractivity (Wildman–Crippen MR) is 54.6 cm³/mol. The molecule has 0 bridgehead atoms. The van der Waals surface area contributed by atoms with Crippen LogP contribution in [0.4, 0.5) is 0 Å². The molecule has 2 heterocycles. The number of nitrogens with zero attached hydrogens (tertiary/aromatic N) is 4. The second-order valence-electron chi connectivity index (χ2n) is 3.09. The number of rotatable bonds is 3. The van der Waals surface area contributed by atoms with Gasteiger partial charge in [0.2, 0.25) is 5.95 Å². The van der Waals surface area contributed by atoms with Crippen LogP contribution in [0.25, 0.3) is 5.95 Å². The third-order valence-electron chi connectivity index (χ3n) is 1.93. The average Bonchev–Trinajstić information content (AvgIpc) is 2.78. The van der Waals surface area contributed by atoms with Gasteiger partial charge in [-0.15, -0.1) is 0 Å². The molecule has 17 heavy (non-hydrogen) atoms. The Morgan fingerprint density at radius 3 is 2.41 bits per heavy atom. The number of hydrogen-bond donors (Lipinski definition) is 2. The molecule has 8 nitrogen and oxygen atoms in total. The van der Waals surface area contributed by atoms with Gasteiger partial charge in [-0.25, -0.2) is 19.4 Å². The molecular formula is C9H7N5O3. The van der Waals surface area contributed by atoms with Crippen LogP contribution in [0.15, 0.2) is 24.7 Å². The number of carbonyl (C=O) groups excluding carboxylic acids is 1. The lowest BCUT2D eigenvalue weighted by molar-refractivity contribution is 0.0695. The fourth-order valence-corrected chi connectivity index (χ4v) is 1.12. The van der Waals surface area contributed by atoms with Crippen LogP contribution in [-0.4, -0.2) is 36.7 Å². The summed E-state index contributed by atoms with van der Waals surface area (Å²) < 4.78 is 1.23. The van der Waals surface area contributed by atoms with E-state index in [9.17, 15) is 9.59 Å². The Morgan fingerprint density at radius 2 is 1.94 bits per heavy atom. The van der Waals surface area contributed by atoms with E-state index < -0.39 is 11.9 Å². The lowest BCUT2D eigenvalue weighted by Crippen LogP contribution is -2.13. The Kier molecular flexibility index (Phi) is 2.53. The van der Waals surface area contributed by atoms with Crippen LogP contribution < -0.4 is 5.73 Å². The molecule has 0 aromatic carbocycles. The van der Waals surface area contributed by atoms with Crippen molar-refractivity contribution in [2.45, 2.75) is 0 Å². The van der Waals surface area contributed by atoms with E-state index in [4.69, 9.17) is 10.8 Å². The number of nitrogens with two attached hydrogens (primary N) is 1. The monoisotopic (exact) mass is 233 g/mol. The highest BCUT2D eigenvalue weighted by atomic mass is 16.4. The van der Waals surface area contributed by atoms with Gasteiger partial charge in [0, 0.05) is 18.6 Å². The van der Waals surface area contributed by atoms with E-state index in [0.717, 1.165) is 12.4 Å². The van der Waals surface area contributed by atoms with Crippen molar-refractivity contribution in [2.24, 2.45) is 5.73 Å². The molecular weight excluding hydrogens is 226 g/mol. The van der Waals surface area contributed by atoms with Crippen molar-refractivity contribution in [3.8, 4) is 5.95 Å². The van der Waals surface area contributed by atoms with Crippen molar-refractivity contribution in [1.82, 2.24) is 19.7 Å². The lowest BCUT2D eigenvalue weighted by Gasteiger charge is -1.98. The fourth-order valence-electron chi connectivity index (χ4n) is 1.12. The minimum absolute atomic E-state index is 0.0315. The molecule has 0 saturated heterocycles. The van der Waals surface area contributed by atoms with Gasteiger partial charge in [-0.05, 0) is 6.07 Å². The Morgan fingerprint density at radius 1 is 1.29 bits per heavy atom. The minimum Gasteiger partial charge on any atom is -0.478 e. The highest BCUT2D eigenvalue weighted by Crippen LogP contribution is 2.02. The molecule has 8 heteroatoms. The van der Waals surface area contributed by atoms with Crippen LogP contribution in [0, 0.1) is 0 Å². The van der Waals surface area contributed by atoms with Gasteiger partial charge in [-0.2, -0.15) is 5.10 Å². The zero-order chi connectivity index (χ0) is 12.4. The van der Waals surface area contributed by atoms with Gasteiger partial charge in [0.1, 0.15) is 5.69 Å². The topological polar surface area (TPSA) is 124 Å². The highest BCUT2D eigenvalue weighted by Gasteiger charge is 2.09. The molecule has 2 rings (SSSR count). The number of primary amides is 1. The Labute approximate surface area is 94.7 Å². The zero-order valence-electron chi connectivity index (χ0n) is 8.44. The Hall–Kier alpha value is -2.77. The second-order valence-corrected chi connectivity index (χ2v) is 3.09. The molecule has 86 valence electrons. The third kappa shape index (κ3) is 2.09. The van der Waals surface area contributed by atoms with Gasteiger partial charge < -0.3 is 10.8 Å². The van der Waals surface area contributed by atoms with Crippen molar-refractivity contribution in [2.75, 3.05) is 0 Å². The van der Waals surface area contributed by atoms with Crippen molar-refractivity contribution in [3.05, 3.63) is 35.9 Å². The van der Waals surface area contributed by atoms with E-state index in [-0.39, 0.29) is 17.2 Å². The highest BCUT2D eigenvalue weighted by molar-refractivity contribution is 5.90. The number of aromatic nitrogens is 4. The van der Waals surface area contributed by atoms with Crippen molar-refractivity contribution >= 4 is 11.9 Å². The maximum absolute atomic E-state index is 10.8. The van der Waals surface area contributed by atoms with Crippen molar-refractivity contribution in [3.63, 3.8) is 0 Å². The molecule has 0 aliphatic carbocycles. The first-order valence-electron chi connectivity index (χ1n) is 4.49. The number of hydrogen-bond acceptors (Lipinski definition) is 5. The summed E-state index contributed by atoms with van der Waals surface area (Å²) in [5, 5.41) is 12.5. The Bertz CT molecular complexity index is 575. The molecule has 2 aromatic rings. The Balaban J connectivity index is 2.33. The predicted octanol–water partition coefficient (Wildman–Crippen LogP) is -0.541. The average molecular weight is 233 g/mol. The molecule has 0 fully saturated rings. The summed E-state index contributed by atoms with van der Waals surface area (Å²) >= 11 is 0. The molecule has 3 N–H and O–H groups in total. The summed E-state index contributed by atoms with van der Waals surface area (Å²) in [6.07, 6.45) is 3.75. The molecule has 0 saturated carbocycles. The summed E-state index contributed by atoms with van der Waals surface area (Å²) in [4.78, 5) is 29.0. The summed E-state index contributed by atoms with van der Waals surface area (Å²) in [7, 11) is 0.